The van der Waals surface area contributed by atoms with Crippen LogP contribution in [0.4, 0.5) is 0 Å². The smallest absolute Gasteiger partial charge is 0.340 e. The van der Waals surface area contributed by atoms with E-state index in [1.54, 1.807) is 22.7 Å². The second kappa shape index (κ2) is 3.12. The lowest BCUT2D eigenvalue weighted by atomic mass is 10.3. The summed E-state index contributed by atoms with van der Waals surface area (Å²) in [7, 11) is 0. The van der Waals surface area contributed by atoms with Gasteiger partial charge in [0.1, 0.15) is 0 Å². The zero-order chi connectivity index (χ0) is 10.1. The van der Waals surface area contributed by atoms with Crippen molar-refractivity contribution in [3.63, 3.8) is 0 Å². The monoisotopic (exact) mass is 192 g/mol. The zero-order valence-electron chi connectivity index (χ0n) is 7.16. The molecule has 2 N–H and O–H groups in total. The molecule has 0 aromatic carbocycles. The predicted octanol–water partition coefficient (Wildman–Crippen LogP) is 0.452. The van der Waals surface area contributed by atoms with E-state index in [1.165, 1.54) is 6.20 Å². The first-order valence-electron chi connectivity index (χ1n) is 4.03. The summed E-state index contributed by atoms with van der Waals surface area (Å²) in [5.74, 6) is -1.19. The Balaban J connectivity index is 2.58. The lowest BCUT2D eigenvalue weighted by Crippen LogP contribution is -2.13. The number of carboxylic acids is 1. The topological polar surface area (TPSA) is 74.8 Å². The Morgan fingerprint density at radius 2 is 2.29 bits per heavy atom. The van der Waals surface area contributed by atoms with Crippen molar-refractivity contribution in [2.45, 2.75) is 6.10 Å². The summed E-state index contributed by atoms with van der Waals surface area (Å²) in [5.41, 5.74) is 0.753. The number of aliphatic hydroxyl groups excluding tert-OH is 1. The number of aliphatic hydroxyl groups is 1. The van der Waals surface area contributed by atoms with E-state index in [1.807, 2.05) is 6.07 Å². The van der Waals surface area contributed by atoms with Crippen molar-refractivity contribution in [3.8, 4) is 0 Å². The molecular weight excluding hydrogens is 184 g/mol. The number of hydrogen-bond acceptors (Lipinski definition) is 3. The summed E-state index contributed by atoms with van der Waals surface area (Å²) >= 11 is 0. The van der Waals surface area contributed by atoms with Crippen LogP contribution in [0.2, 0.25) is 0 Å². The lowest BCUT2D eigenvalue weighted by molar-refractivity contribution is -0.147. The summed E-state index contributed by atoms with van der Waals surface area (Å²) in [5, 5.41) is 17.9. The molecule has 0 radical (unpaired) electrons. The van der Waals surface area contributed by atoms with Gasteiger partial charge in [-0.05, 0) is 12.1 Å². The molecule has 5 nitrogen and oxygen atoms in total. The molecule has 0 aliphatic rings. The number of aromatic nitrogens is 2. The maximum atomic E-state index is 10.5. The summed E-state index contributed by atoms with van der Waals surface area (Å²) in [6, 6.07) is 5.34. The van der Waals surface area contributed by atoms with E-state index in [4.69, 9.17) is 5.11 Å². The molecule has 72 valence electrons. The fourth-order valence-electron chi connectivity index (χ4n) is 1.28. The molecule has 1 unspecified atom stereocenters. The van der Waals surface area contributed by atoms with Gasteiger partial charge in [-0.1, -0.05) is 6.07 Å². The number of aliphatic carboxylic acids is 1. The van der Waals surface area contributed by atoms with Crippen molar-refractivity contribution in [2.24, 2.45) is 0 Å². The van der Waals surface area contributed by atoms with E-state index >= 15 is 0 Å². The van der Waals surface area contributed by atoms with Crippen LogP contribution in [-0.2, 0) is 4.79 Å². The Kier molecular flexibility index (Phi) is 1.94. The highest BCUT2D eigenvalue weighted by molar-refractivity contribution is 5.73. The van der Waals surface area contributed by atoms with Crippen LogP contribution in [0.25, 0.3) is 5.52 Å². The Morgan fingerprint density at radius 3 is 3.00 bits per heavy atom. The highest BCUT2D eigenvalue weighted by Crippen LogP contribution is 2.13. The number of imidazole rings is 1. The average molecular weight is 192 g/mol. The van der Waals surface area contributed by atoms with Crippen LogP contribution in [-0.4, -0.2) is 25.6 Å². The van der Waals surface area contributed by atoms with Crippen LogP contribution in [0.3, 0.4) is 0 Å². The van der Waals surface area contributed by atoms with E-state index in [9.17, 15) is 9.90 Å². The Morgan fingerprint density at radius 1 is 1.50 bits per heavy atom. The molecule has 0 saturated heterocycles. The molecule has 2 aromatic rings. The highest BCUT2D eigenvalue weighted by Gasteiger charge is 2.20. The van der Waals surface area contributed by atoms with Crippen LogP contribution < -0.4 is 0 Å². The molecule has 0 saturated carbocycles. The molecule has 0 fully saturated rings. The zero-order valence-corrected chi connectivity index (χ0v) is 7.16. The molecule has 14 heavy (non-hydrogen) atoms. The molecular formula is C9H8N2O3. The van der Waals surface area contributed by atoms with Gasteiger partial charge in [-0.2, -0.15) is 0 Å². The predicted molar refractivity (Wildman–Crippen MR) is 47.8 cm³/mol. The minimum Gasteiger partial charge on any atom is -0.479 e. The van der Waals surface area contributed by atoms with Gasteiger partial charge in [0.25, 0.3) is 0 Å². The Bertz CT molecular complexity index is 478. The van der Waals surface area contributed by atoms with Crippen LogP contribution in [0, 0.1) is 0 Å². The second-order valence-corrected chi connectivity index (χ2v) is 2.85. The largest absolute Gasteiger partial charge is 0.479 e. The van der Waals surface area contributed by atoms with Crippen LogP contribution in [0.1, 0.15) is 11.9 Å². The molecule has 2 aromatic heterocycles. The molecule has 0 aliphatic heterocycles. The van der Waals surface area contributed by atoms with Gasteiger partial charge in [-0.15, -0.1) is 0 Å². The average Bonchev–Trinajstić information content (AvgIpc) is 2.60. The molecule has 2 heterocycles. The number of hydrogen-bond donors (Lipinski definition) is 2. The molecule has 0 aliphatic carbocycles. The summed E-state index contributed by atoms with van der Waals surface area (Å²) < 4.78 is 1.54. The first-order valence-corrected chi connectivity index (χ1v) is 4.03. The first kappa shape index (κ1) is 8.71. The number of nitrogens with zero attached hydrogens (tertiary/aromatic N) is 2. The molecule has 0 amide bonds. The standard InChI is InChI=1S/C9H8N2O3/c12-7(9(13)14)8-10-5-6-3-1-2-4-11(6)8/h1-5,7,12H,(H,13,14). The van der Waals surface area contributed by atoms with Gasteiger partial charge >= 0.3 is 5.97 Å². The van der Waals surface area contributed by atoms with E-state index in [-0.39, 0.29) is 5.82 Å². The third-order valence-corrected chi connectivity index (χ3v) is 1.95. The maximum absolute atomic E-state index is 10.5. The van der Waals surface area contributed by atoms with Crippen molar-refractivity contribution in [3.05, 3.63) is 36.4 Å². The van der Waals surface area contributed by atoms with Crippen LogP contribution in [0.5, 0.6) is 0 Å². The van der Waals surface area contributed by atoms with E-state index in [0.29, 0.717) is 0 Å². The van der Waals surface area contributed by atoms with E-state index in [2.05, 4.69) is 4.98 Å². The quantitative estimate of drug-likeness (QED) is 0.724. The van der Waals surface area contributed by atoms with Gasteiger partial charge in [0, 0.05) is 6.20 Å². The minimum absolute atomic E-state index is 0.119. The number of pyridine rings is 1. The molecule has 0 bridgehead atoms. The maximum Gasteiger partial charge on any atom is 0.340 e. The SMILES string of the molecule is O=C(O)C(O)c1ncc2ccccn12. The van der Waals surface area contributed by atoms with Crippen molar-refractivity contribution in [1.29, 1.82) is 0 Å². The van der Waals surface area contributed by atoms with Crippen molar-refractivity contribution in [2.75, 3.05) is 0 Å². The van der Waals surface area contributed by atoms with E-state index < -0.39 is 12.1 Å². The summed E-state index contributed by atoms with van der Waals surface area (Å²) in [6.07, 6.45) is 1.59. The summed E-state index contributed by atoms with van der Waals surface area (Å²) in [4.78, 5) is 14.4. The third-order valence-electron chi connectivity index (χ3n) is 1.95. The number of rotatable bonds is 2. The van der Waals surface area contributed by atoms with Gasteiger partial charge in [0.2, 0.25) is 6.10 Å². The van der Waals surface area contributed by atoms with Crippen LogP contribution >= 0.6 is 0 Å². The van der Waals surface area contributed by atoms with Gasteiger partial charge < -0.3 is 14.6 Å². The van der Waals surface area contributed by atoms with Gasteiger partial charge in [0.15, 0.2) is 5.82 Å². The molecule has 5 heteroatoms. The van der Waals surface area contributed by atoms with Gasteiger partial charge in [-0.3, -0.25) is 0 Å². The Labute approximate surface area is 79.2 Å². The fourth-order valence-corrected chi connectivity index (χ4v) is 1.28. The lowest BCUT2D eigenvalue weighted by Gasteiger charge is -2.03. The third kappa shape index (κ3) is 1.23. The number of carbonyl (C=O) groups is 1. The summed E-state index contributed by atoms with van der Waals surface area (Å²) in [6.45, 7) is 0. The minimum atomic E-state index is -1.58. The fraction of sp³-hybridized carbons (Fsp3) is 0.111. The molecule has 2 rings (SSSR count). The van der Waals surface area contributed by atoms with Crippen molar-refractivity contribution < 1.29 is 15.0 Å². The van der Waals surface area contributed by atoms with E-state index in [0.717, 1.165) is 5.52 Å². The van der Waals surface area contributed by atoms with Crippen LogP contribution in [0.15, 0.2) is 30.6 Å². The second-order valence-electron chi connectivity index (χ2n) is 2.85. The van der Waals surface area contributed by atoms with Crippen molar-refractivity contribution in [1.82, 2.24) is 9.38 Å². The highest BCUT2D eigenvalue weighted by atomic mass is 16.4. The normalized spacial score (nSPS) is 12.9. The first-order chi connectivity index (χ1) is 6.70. The Hall–Kier alpha value is -1.88. The molecule has 0 spiro atoms. The number of carboxylic acid groups (broad SMARTS) is 1. The number of fused-ring (bicyclic) bond motifs is 1. The van der Waals surface area contributed by atoms with Crippen molar-refractivity contribution >= 4 is 11.5 Å². The van der Waals surface area contributed by atoms with Gasteiger partial charge in [0.05, 0.1) is 11.7 Å². The van der Waals surface area contributed by atoms with Gasteiger partial charge in [-0.25, -0.2) is 9.78 Å². The molecule has 1 atom stereocenters.